The van der Waals surface area contributed by atoms with Crippen molar-refractivity contribution in [1.29, 1.82) is 0 Å². The van der Waals surface area contributed by atoms with E-state index in [1.807, 2.05) is 13.8 Å². The van der Waals surface area contributed by atoms with Gasteiger partial charge in [0.05, 0.1) is 13.5 Å². The van der Waals surface area contributed by atoms with Crippen LogP contribution in [0, 0.1) is 13.8 Å². The summed E-state index contributed by atoms with van der Waals surface area (Å²) in [5.74, 6) is 0.692. The lowest BCUT2D eigenvalue weighted by atomic mass is 10.0. The van der Waals surface area contributed by atoms with E-state index in [1.54, 1.807) is 20.2 Å². The van der Waals surface area contributed by atoms with Crippen LogP contribution in [0.25, 0.3) is 0 Å². The van der Waals surface area contributed by atoms with Crippen LogP contribution in [0.5, 0.6) is 5.75 Å². The second kappa shape index (κ2) is 6.92. The second-order valence-electron chi connectivity index (χ2n) is 4.82. The standard InChI is InChI=1S/C14H21F3N2O/c1-5-18-11(7-14(15,16)17)6-12-10(3)13(20-4)9(2)8-19-12/h8,11,18H,5-7H2,1-4H3. The van der Waals surface area contributed by atoms with Crippen LogP contribution >= 0.6 is 0 Å². The molecule has 1 rings (SSSR count). The highest BCUT2D eigenvalue weighted by molar-refractivity contribution is 5.41. The van der Waals surface area contributed by atoms with Gasteiger partial charge < -0.3 is 10.1 Å². The number of aromatic nitrogens is 1. The molecule has 1 aromatic heterocycles. The molecule has 0 saturated carbocycles. The van der Waals surface area contributed by atoms with Gasteiger partial charge in [0.25, 0.3) is 0 Å². The molecule has 6 heteroatoms. The quantitative estimate of drug-likeness (QED) is 0.873. The maximum absolute atomic E-state index is 12.6. The minimum Gasteiger partial charge on any atom is -0.496 e. The Bertz CT molecular complexity index is 447. The van der Waals surface area contributed by atoms with Gasteiger partial charge >= 0.3 is 6.18 Å². The van der Waals surface area contributed by atoms with Gasteiger partial charge in [-0.15, -0.1) is 0 Å². The number of rotatable bonds is 6. The van der Waals surface area contributed by atoms with Crippen molar-refractivity contribution in [3.8, 4) is 5.75 Å². The predicted molar refractivity (Wildman–Crippen MR) is 72.1 cm³/mol. The molecule has 1 atom stereocenters. The Morgan fingerprint density at radius 1 is 1.35 bits per heavy atom. The number of ether oxygens (including phenoxy) is 1. The molecule has 0 radical (unpaired) electrons. The fraction of sp³-hybridized carbons (Fsp3) is 0.643. The Morgan fingerprint density at radius 2 is 2.00 bits per heavy atom. The first kappa shape index (κ1) is 16.8. The molecular formula is C14H21F3N2O. The lowest BCUT2D eigenvalue weighted by molar-refractivity contribution is -0.139. The van der Waals surface area contributed by atoms with E-state index in [4.69, 9.17) is 4.74 Å². The second-order valence-corrected chi connectivity index (χ2v) is 4.82. The topological polar surface area (TPSA) is 34.2 Å². The summed E-state index contributed by atoms with van der Waals surface area (Å²) in [6.07, 6.45) is -3.18. The minimum atomic E-state index is -4.18. The molecule has 0 spiro atoms. The van der Waals surface area contributed by atoms with Gasteiger partial charge in [0, 0.05) is 35.5 Å². The summed E-state index contributed by atoms with van der Waals surface area (Å²) in [4.78, 5) is 4.25. The van der Waals surface area contributed by atoms with E-state index in [0.717, 1.165) is 11.1 Å². The molecule has 0 saturated heterocycles. The Balaban J connectivity index is 2.94. The van der Waals surface area contributed by atoms with E-state index in [1.165, 1.54) is 0 Å². The first-order chi connectivity index (χ1) is 9.28. The highest BCUT2D eigenvalue weighted by atomic mass is 19.4. The Morgan fingerprint density at radius 3 is 2.50 bits per heavy atom. The summed E-state index contributed by atoms with van der Waals surface area (Å²) >= 11 is 0. The Kier molecular flexibility index (Phi) is 5.80. The number of nitrogens with zero attached hydrogens (tertiary/aromatic N) is 1. The van der Waals surface area contributed by atoms with Crippen LogP contribution < -0.4 is 10.1 Å². The molecule has 0 fully saturated rings. The van der Waals surface area contributed by atoms with Crippen molar-refractivity contribution in [3.63, 3.8) is 0 Å². The van der Waals surface area contributed by atoms with Gasteiger partial charge in [0.2, 0.25) is 0 Å². The summed E-state index contributed by atoms with van der Waals surface area (Å²) in [6, 6.07) is -0.668. The number of hydrogen-bond donors (Lipinski definition) is 1. The number of aryl methyl sites for hydroxylation is 1. The molecule has 0 aliphatic heterocycles. The van der Waals surface area contributed by atoms with Gasteiger partial charge in [-0.2, -0.15) is 13.2 Å². The molecule has 3 nitrogen and oxygen atoms in total. The summed E-state index contributed by atoms with van der Waals surface area (Å²) in [5, 5.41) is 2.87. The highest BCUT2D eigenvalue weighted by Crippen LogP contribution is 2.27. The van der Waals surface area contributed by atoms with Crippen molar-refractivity contribution in [2.45, 2.75) is 45.8 Å². The molecular weight excluding hydrogens is 269 g/mol. The van der Waals surface area contributed by atoms with Crippen molar-refractivity contribution in [3.05, 3.63) is 23.0 Å². The predicted octanol–water partition coefficient (Wildman–Crippen LogP) is 3.18. The average Bonchev–Trinajstić information content (AvgIpc) is 2.32. The number of halogens is 3. The Hall–Kier alpha value is -1.30. The van der Waals surface area contributed by atoms with Gasteiger partial charge in [0.1, 0.15) is 5.75 Å². The number of methoxy groups -OCH3 is 1. The molecule has 1 aromatic rings. The zero-order chi connectivity index (χ0) is 15.3. The number of likely N-dealkylation sites (N-methyl/N-ethyl adjacent to an activating group) is 1. The van der Waals surface area contributed by atoms with Crippen LogP contribution in [0.3, 0.4) is 0 Å². The van der Waals surface area contributed by atoms with Crippen molar-refractivity contribution in [2.24, 2.45) is 0 Å². The first-order valence-electron chi connectivity index (χ1n) is 6.57. The maximum Gasteiger partial charge on any atom is 0.390 e. The third-order valence-corrected chi connectivity index (χ3v) is 3.16. The molecule has 1 unspecified atom stereocenters. The van der Waals surface area contributed by atoms with E-state index in [2.05, 4.69) is 10.3 Å². The zero-order valence-corrected chi connectivity index (χ0v) is 12.3. The number of nitrogens with one attached hydrogen (secondary N) is 1. The van der Waals surface area contributed by atoms with Crippen molar-refractivity contribution in [2.75, 3.05) is 13.7 Å². The lowest BCUT2D eigenvalue weighted by Crippen LogP contribution is -2.35. The third kappa shape index (κ3) is 4.67. The third-order valence-electron chi connectivity index (χ3n) is 3.16. The largest absolute Gasteiger partial charge is 0.496 e. The average molecular weight is 290 g/mol. The van der Waals surface area contributed by atoms with E-state index in [9.17, 15) is 13.2 Å². The van der Waals surface area contributed by atoms with E-state index in [-0.39, 0.29) is 6.42 Å². The molecule has 1 N–H and O–H groups in total. The van der Waals surface area contributed by atoms with Gasteiger partial charge in [0.15, 0.2) is 0 Å². The van der Waals surface area contributed by atoms with Gasteiger partial charge in [-0.3, -0.25) is 4.98 Å². The van der Waals surface area contributed by atoms with Crippen LogP contribution in [-0.2, 0) is 6.42 Å². The van der Waals surface area contributed by atoms with Crippen LogP contribution in [0.15, 0.2) is 6.20 Å². The van der Waals surface area contributed by atoms with Gasteiger partial charge in [-0.05, 0) is 20.4 Å². The van der Waals surface area contributed by atoms with Gasteiger partial charge in [-0.25, -0.2) is 0 Å². The summed E-state index contributed by atoms with van der Waals surface area (Å²) in [7, 11) is 1.55. The van der Waals surface area contributed by atoms with Crippen LogP contribution in [0.1, 0.15) is 30.2 Å². The van der Waals surface area contributed by atoms with Crippen molar-refractivity contribution in [1.82, 2.24) is 10.3 Å². The normalized spacial score (nSPS) is 13.3. The minimum absolute atomic E-state index is 0.232. The molecule has 0 amide bonds. The molecule has 114 valence electrons. The summed E-state index contributed by atoms with van der Waals surface area (Å²) in [5.41, 5.74) is 2.32. The van der Waals surface area contributed by atoms with Crippen LogP contribution in [-0.4, -0.2) is 30.9 Å². The first-order valence-corrected chi connectivity index (χ1v) is 6.57. The SMILES string of the molecule is CCNC(Cc1ncc(C)c(OC)c1C)CC(F)(F)F. The monoisotopic (exact) mass is 290 g/mol. The Labute approximate surface area is 117 Å². The number of hydrogen-bond acceptors (Lipinski definition) is 3. The highest BCUT2D eigenvalue weighted by Gasteiger charge is 2.32. The van der Waals surface area contributed by atoms with E-state index < -0.39 is 18.6 Å². The van der Waals surface area contributed by atoms with Crippen molar-refractivity contribution < 1.29 is 17.9 Å². The van der Waals surface area contributed by atoms with Gasteiger partial charge in [-0.1, -0.05) is 6.92 Å². The van der Waals surface area contributed by atoms with E-state index >= 15 is 0 Å². The molecule has 0 bridgehead atoms. The fourth-order valence-corrected chi connectivity index (χ4v) is 2.29. The van der Waals surface area contributed by atoms with E-state index in [0.29, 0.717) is 18.0 Å². The molecule has 20 heavy (non-hydrogen) atoms. The zero-order valence-electron chi connectivity index (χ0n) is 12.3. The lowest BCUT2D eigenvalue weighted by Gasteiger charge is -2.21. The maximum atomic E-state index is 12.6. The smallest absolute Gasteiger partial charge is 0.390 e. The fourth-order valence-electron chi connectivity index (χ4n) is 2.29. The van der Waals surface area contributed by atoms with Crippen LogP contribution in [0.2, 0.25) is 0 Å². The number of pyridine rings is 1. The molecule has 0 aliphatic rings. The summed E-state index contributed by atoms with van der Waals surface area (Å²) < 4.78 is 42.9. The summed E-state index contributed by atoms with van der Waals surface area (Å²) in [6.45, 7) is 5.97. The van der Waals surface area contributed by atoms with Crippen LogP contribution in [0.4, 0.5) is 13.2 Å². The van der Waals surface area contributed by atoms with Crippen molar-refractivity contribution >= 4 is 0 Å². The molecule has 1 heterocycles. The molecule has 0 aliphatic carbocycles. The number of alkyl halides is 3. The molecule has 0 aromatic carbocycles.